The Balaban J connectivity index is 1.76. The van der Waals surface area contributed by atoms with E-state index in [1.807, 2.05) is 36.9 Å². The van der Waals surface area contributed by atoms with Crippen LogP contribution in [-0.4, -0.2) is 36.0 Å². The second kappa shape index (κ2) is 8.82. The summed E-state index contributed by atoms with van der Waals surface area (Å²) in [6, 6.07) is 5.60. The van der Waals surface area contributed by atoms with E-state index in [1.165, 1.54) is 6.42 Å². The molecular formula is C17H24N2O3S. The average Bonchev–Trinajstić information content (AvgIpc) is 2.51. The lowest BCUT2D eigenvalue weighted by Crippen LogP contribution is -2.41. The number of carbonyl (C=O) groups excluding carboxylic acids is 2. The molecule has 2 rings (SSSR count). The molecule has 1 aromatic rings. The molecule has 1 atom stereocenters. The van der Waals surface area contributed by atoms with E-state index in [-0.39, 0.29) is 18.2 Å². The molecule has 1 aromatic carbocycles. The van der Waals surface area contributed by atoms with Crippen LogP contribution >= 0.6 is 11.8 Å². The first-order chi connectivity index (χ1) is 11.1. The highest BCUT2D eigenvalue weighted by atomic mass is 32.2. The van der Waals surface area contributed by atoms with Crippen molar-refractivity contribution in [2.24, 2.45) is 0 Å². The third-order valence-corrected chi connectivity index (χ3v) is 4.74. The fraction of sp³-hybridized carbons (Fsp3) is 0.529. The molecule has 0 unspecified atom stereocenters. The minimum absolute atomic E-state index is 0.0429. The van der Waals surface area contributed by atoms with Crippen LogP contribution in [0, 0.1) is 6.92 Å². The smallest absolute Gasteiger partial charge is 0.266 e. The average molecular weight is 336 g/mol. The number of nitrogens with one attached hydrogen (secondary N) is 2. The largest absolute Gasteiger partial charge is 0.478 e. The van der Waals surface area contributed by atoms with Gasteiger partial charge in [-0.15, -0.1) is 0 Å². The number of anilines is 1. The van der Waals surface area contributed by atoms with Crippen LogP contribution in [0.25, 0.3) is 0 Å². The van der Waals surface area contributed by atoms with Gasteiger partial charge < -0.3 is 15.4 Å². The van der Waals surface area contributed by atoms with Crippen LogP contribution in [0.1, 0.15) is 31.7 Å². The highest BCUT2D eigenvalue weighted by molar-refractivity contribution is 7.99. The maximum Gasteiger partial charge on any atom is 0.266 e. The second-order valence-corrected chi connectivity index (χ2v) is 6.84. The number of amides is 2. The van der Waals surface area contributed by atoms with E-state index in [0.29, 0.717) is 18.0 Å². The van der Waals surface area contributed by atoms with Gasteiger partial charge in [-0.2, -0.15) is 11.8 Å². The normalized spacial score (nSPS) is 16.3. The van der Waals surface area contributed by atoms with E-state index >= 15 is 0 Å². The third-order valence-electron chi connectivity index (χ3n) is 3.46. The SMILES string of the molecule is CCCSCCCNC(=O)C[C@H]1Oc2ccc(C)cc2NC1=O. The molecule has 0 bridgehead atoms. The highest BCUT2D eigenvalue weighted by Gasteiger charge is 2.29. The van der Waals surface area contributed by atoms with Gasteiger partial charge in [-0.25, -0.2) is 0 Å². The minimum Gasteiger partial charge on any atom is -0.478 e. The molecule has 0 aromatic heterocycles. The Labute approximate surface area is 141 Å². The zero-order valence-corrected chi connectivity index (χ0v) is 14.5. The monoisotopic (exact) mass is 336 g/mol. The predicted molar refractivity (Wildman–Crippen MR) is 94.1 cm³/mol. The molecule has 6 heteroatoms. The molecule has 1 heterocycles. The van der Waals surface area contributed by atoms with Crippen molar-refractivity contribution in [3.63, 3.8) is 0 Å². The molecule has 0 saturated carbocycles. The van der Waals surface area contributed by atoms with Crippen molar-refractivity contribution < 1.29 is 14.3 Å². The van der Waals surface area contributed by atoms with E-state index < -0.39 is 6.10 Å². The topological polar surface area (TPSA) is 67.4 Å². The van der Waals surface area contributed by atoms with Gasteiger partial charge >= 0.3 is 0 Å². The fourth-order valence-electron chi connectivity index (χ4n) is 2.29. The predicted octanol–water partition coefficient (Wildman–Crippen LogP) is 2.73. The van der Waals surface area contributed by atoms with Crippen molar-refractivity contribution in [1.29, 1.82) is 0 Å². The lowest BCUT2D eigenvalue weighted by molar-refractivity contribution is -0.130. The molecule has 126 valence electrons. The summed E-state index contributed by atoms with van der Waals surface area (Å²) >= 11 is 1.89. The zero-order valence-electron chi connectivity index (χ0n) is 13.7. The lowest BCUT2D eigenvalue weighted by Gasteiger charge is -2.25. The fourth-order valence-corrected chi connectivity index (χ4v) is 3.13. The number of hydrogen-bond acceptors (Lipinski definition) is 4. The van der Waals surface area contributed by atoms with Crippen LogP contribution in [0.4, 0.5) is 5.69 Å². The van der Waals surface area contributed by atoms with E-state index in [2.05, 4.69) is 17.6 Å². The highest BCUT2D eigenvalue weighted by Crippen LogP contribution is 2.30. The van der Waals surface area contributed by atoms with Crippen molar-refractivity contribution in [2.75, 3.05) is 23.4 Å². The number of fused-ring (bicyclic) bond motifs is 1. The third kappa shape index (κ3) is 5.46. The molecule has 5 nitrogen and oxygen atoms in total. The molecule has 0 aliphatic carbocycles. The van der Waals surface area contributed by atoms with Crippen molar-refractivity contribution in [1.82, 2.24) is 5.32 Å². The molecule has 0 saturated heterocycles. The summed E-state index contributed by atoms with van der Waals surface area (Å²) < 4.78 is 5.65. The van der Waals surface area contributed by atoms with Gasteiger partial charge in [0.1, 0.15) is 5.75 Å². The van der Waals surface area contributed by atoms with Crippen LogP contribution in [0.15, 0.2) is 18.2 Å². The Morgan fingerprint density at radius 2 is 2.22 bits per heavy atom. The lowest BCUT2D eigenvalue weighted by atomic mass is 10.1. The number of thioether (sulfide) groups is 1. The standard InChI is InChI=1S/C17H24N2O3S/c1-3-8-23-9-4-7-18-16(20)11-15-17(21)19-13-10-12(2)5-6-14(13)22-15/h5-6,10,15H,3-4,7-9,11H2,1-2H3,(H,18,20)(H,19,21)/t15-/m1/s1. The van der Waals surface area contributed by atoms with Crippen LogP contribution in [-0.2, 0) is 9.59 Å². The molecular weight excluding hydrogens is 312 g/mol. The van der Waals surface area contributed by atoms with E-state index in [0.717, 1.165) is 23.5 Å². The van der Waals surface area contributed by atoms with E-state index in [9.17, 15) is 9.59 Å². The van der Waals surface area contributed by atoms with Crippen molar-refractivity contribution >= 4 is 29.3 Å². The molecule has 0 spiro atoms. The summed E-state index contributed by atoms with van der Waals surface area (Å²) in [5.74, 6) is 2.39. The van der Waals surface area contributed by atoms with E-state index in [4.69, 9.17) is 4.74 Å². The van der Waals surface area contributed by atoms with Gasteiger partial charge in [-0.05, 0) is 49.0 Å². The Morgan fingerprint density at radius 1 is 1.39 bits per heavy atom. The summed E-state index contributed by atoms with van der Waals surface area (Å²) in [6.45, 7) is 4.74. The number of rotatable bonds is 8. The molecule has 0 fully saturated rings. The summed E-state index contributed by atoms with van der Waals surface area (Å²) in [6.07, 6.45) is 1.39. The van der Waals surface area contributed by atoms with Crippen molar-refractivity contribution in [3.05, 3.63) is 23.8 Å². The molecule has 1 aliphatic rings. The van der Waals surface area contributed by atoms with Crippen molar-refractivity contribution in [2.45, 2.75) is 39.2 Å². The van der Waals surface area contributed by atoms with Gasteiger partial charge in [0.05, 0.1) is 12.1 Å². The number of carbonyl (C=O) groups is 2. The Morgan fingerprint density at radius 3 is 3.00 bits per heavy atom. The maximum atomic E-state index is 12.0. The van der Waals surface area contributed by atoms with Gasteiger partial charge in [-0.1, -0.05) is 13.0 Å². The number of aryl methyl sites for hydroxylation is 1. The first-order valence-electron chi connectivity index (χ1n) is 8.02. The quantitative estimate of drug-likeness (QED) is 0.716. The summed E-state index contributed by atoms with van der Waals surface area (Å²) in [5, 5.41) is 5.65. The summed E-state index contributed by atoms with van der Waals surface area (Å²) in [5.41, 5.74) is 1.71. The Bertz CT molecular complexity index is 563. The summed E-state index contributed by atoms with van der Waals surface area (Å²) in [4.78, 5) is 24.0. The first-order valence-corrected chi connectivity index (χ1v) is 9.18. The number of benzene rings is 1. The molecule has 1 aliphatic heterocycles. The van der Waals surface area contributed by atoms with Gasteiger partial charge in [0.15, 0.2) is 6.10 Å². The molecule has 23 heavy (non-hydrogen) atoms. The first kappa shape index (κ1) is 17.7. The summed E-state index contributed by atoms with van der Waals surface area (Å²) in [7, 11) is 0. The molecule has 0 radical (unpaired) electrons. The maximum absolute atomic E-state index is 12.0. The van der Waals surface area contributed by atoms with Gasteiger partial charge in [-0.3, -0.25) is 9.59 Å². The Kier molecular flexibility index (Phi) is 6.77. The van der Waals surface area contributed by atoms with Crippen LogP contribution in [0.3, 0.4) is 0 Å². The number of ether oxygens (including phenoxy) is 1. The van der Waals surface area contributed by atoms with Crippen LogP contribution in [0.2, 0.25) is 0 Å². The van der Waals surface area contributed by atoms with Crippen LogP contribution in [0.5, 0.6) is 5.75 Å². The number of hydrogen-bond donors (Lipinski definition) is 2. The minimum atomic E-state index is -0.764. The van der Waals surface area contributed by atoms with Gasteiger partial charge in [0.2, 0.25) is 5.91 Å². The molecule has 2 N–H and O–H groups in total. The van der Waals surface area contributed by atoms with E-state index in [1.54, 1.807) is 0 Å². The van der Waals surface area contributed by atoms with Crippen LogP contribution < -0.4 is 15.4 Å². The second-order valence-electron chi connectivity index (χ2n) is 5.62. The van der Waals surface area contributed by atoms with Crippen molar-refractivity contribution in [3.8, 4) is 5.75 Å². The van der Waals surface area contributed by atoms with Gasteiger partial charge in [0, 0.05) is 6.54 Å². The Hall–Kier alpha value is -1.69. The van der Waals surface area contributed by atoms with Gasteiger partial charge in [0.25, 0.3) is 5.91 Å². The molecule has 2 amide bonds. The zero-order chi connectivity index (χ0) is 16.7.